The molecule has 0 heterocycles. The molecule has 3 aromatic rings. The number of benzene rings is 3. The molecule has 5 nitrogen and oxygen atoms in total. The zero-order valence-corrected chi connectivity index (χ0v) is 17.6. The number of rotatable bonds is 6. The molecular weight excluding hydrogens is 378 g/mol. The van der Waals surface area contributed by atoms with E-state index in [9.17, 15) is 9.59 Å². The highest BCUT2D eigenvalue weighted by Crippen LogP contribution is 2.21. The lowest BCUT2D eigenvalue weighted by atomic mass is 10.1. The van der Waals surface area contributed by atoms with Gasteiger partial charge in [-0.25, -0.2) is 4.79 Å². The molecule has 0 aromatic heterocycles. The predicted octanol–water partition coefficient (Wildman–Crippen LogP) is 5.16. The van der Waals surface area contributed by atoms with Crippen molar-refractivity contribution >= 4 is 17.6 Å². The van der Waals surface area contributed by atoms with E-state index in [0.29, 0.717) is 17.1 Å². The van der Waals surface area contributed by atoms with E-state index in [1.54, 1.807) is 24.3 Å². The second-order valence-corrected chi connectivity index (χ2v) is 7.26. The van der Waals surface area contributed by atoms with E-state index < -0.39 is 5.97 Å². The van der Waals surface area contributed by atoms with Crippen molar-refractivity contribution in [3.05, 3.63) is 88.5 Å². The molecule has 0 unspecified atom stereocenters. The summed E-state index contributed by atoms with van der Waals surface area (Å²) in [6.45, 7) is 7.69. The van der Waals surface area contributed by atoms with Crippen molar-refractivity contribution in [3.8, 4) is 11.5 Å². The number of nitrogens with one attached hydrogen (secondary N) is 1. The van der Waals surface area contributed by atoms with E-state index >= 15 is 0 Å². The van der Waals surface area contributed by atoms with Gasteiger partial charge >= 0.3 is 5.97 Å². The first-order valence-corrected chi connectivity index (χ1v) is 9.72. The molecule has 0 spiro atoms. The third-order valence-electron chi connectivity index (χ3n) is 4.88. The van der Waals surface area contributed by atoms with Crippen molar-refractivity contribution in [2.45, 2.75) is 27.7 Å². The zero-order valence-electron chi connectivity index (χ0n) is 17.6. The van der Waals surface area contributed by atoms with E-state index in [-0.39, 0.29) is 12.5 Å². The summed E-state index contributed by atoms with van der Waals surface area (Å²) in [6.07, 6.45) is 0. The third kappa shape index (κ3) is 5.26. The van der Waals surface area contributed by atoms with Crippen LogP contribution in [0.2, 0.25) is 0 Å². The van der Waals surface area contributed by atoms with Gasteiger partial charge in [-0.2, -0.15) is 0 Å². The lowest BCUT2D eigenvalue weighted by Gasteiger charge is -2.11. The number of carbonyl (C=O) groups excluding carboxylic acids is 2. The summed E-state index contributed by atoms with van der Waals surface area (Å²) in [5.74, 6) is 0.277. The van der Waals surface area contributed by atoms with Gasteiger partial charge in [0, 0.05) is 11.3 Å². The van der Waals surface area contributed by atoms with Gasteiger partial charge in [0.25, 0.3) is 5.91 Å². The van der Waals surface area contributed by atoms with E-state index in [4.69, 9.17) is 9.47 Å². The van der Waals surface area contributed by atoms with Gasteiger partial charge in [0.15, 0.2) is 6.61 Å². The molecule has 3 rings (SSSR count). The molecule has 0 radical (unpaired) electrons. The molecule has 154 valence electrons. The van der Waals surface area contributed by atoms with Gasteiger partial charge in [-0.15, -0.1) is 0 Å². The normalized spacial score (nSPS) is 10.4. The highest BCUT2D eigenvalue weighted by molar-refractivity contribution is 6.04. The Balaban J connectivity index is 1.56. The maximum atomic E-state index is 12.5. The lowest BCUT2D eigenvalue weighted by Crippen LogP contribution is -2.18. The van der Waals surface area contributed by atoms with Crippen LogP contribution in [0.4, 0.5) is 5.69 Å². The summed E-state index contributed by atoms with van der Waals surface area (Å²) >= 11 is 0. The summed E-state index contributed by atoms with van der Waals surface area (Å²) < 4.78 is 10.9. The minimum absolute atomic E-state index is 0.195. The SMILES string of the molecule is Cc1ccc(NC(=O)c2ccc(OC(=O)COc3cccc(C)c3C)cc2)c(C)c1. The summed E-state index contributed by atoms with van der Waals surface area (Å²) in [6, 6.07) is 17.9. The van der Waals surface area contributed by atoms with E-state index in [0.717, 1.165) is 27.9 Å². The summed E-state index contributed by atoms with van der Waals surface area (Å²) in [4.78, 5) is 24.5. The largest absolute Gasteiger partial charge is 0.482 e. The molecule has 1 amide bonds. The lowest BCUT2D eigenvalue weighted by molar-refractivity contribution is -0.136. The van der Waals surface area contributed by atoms with Gasteiger partial charge in [0.05, 0.1) is 0 Å². The molecule has 0 aliphatic heterocycles. The first-order valence-electron chi connectivity index (χ1n) is 9.72. The molecule has 0 saturated heterocycles. The average molecular weight is 403 g/mol. The Kier molecular flexibility index (Phi) is 6.52. The van der Waals surface area contributed by atoms with Crippen molar-refractivity contribution in [1.29, 1.82) is 0 Å². The van der Waals surface area contributed by atoms with Crippen molar-refractivity contribution in [2.75, 3.05) is 11.9 Å². The Hall–Kier alpha value is -3.60. The van der Waals surface area contributed by atoms with E-state index in [1.165, 1.54) is 0 Å². The van der Waals surface area contributed by atoms with Gasteiger partial charge in [-0.05, 0) is 80.8 Å². The van der Waals surface area contributed by atoms with Crippen LogP contribution in [-0.4, -0.2) is 18.5 Å². The fourth-order valence-corrected chi connectivity index (χ4v) is 3.00. The molecule has 1 N–H and O–H groups in total. The summed E-state index contributed by atoms with van der Waals surface area (Å²) in [7, 11) is 0. The predicted molar refractivity (Wildman–Crippen MR) is 117 cm³/mol. The fraction of sp³-hybridized carbons (Fsp3) is 0.200. The smallest absolute Gasteiger partial charge is 0.349 e. The number of aryl methyl sites for hydroxylation is 3. The third-order valence-corrected chi connectivity index (χ3v) is 4.88. The molecule has 0 bridgehead atoms. The Morgan fingerprint density at radius 3 is 2.30 bits per heavy atom. The first kappa shape index (κ1) is 21.1. The number of anilines is 1. The van der Waals surface area contributed by atoms with Gasteiger partial charge in [0.2, 0.25) is 0 Å². The maximum Gasteiger partial charge on any atom is 0.349 e. The van der Waals surface area contributed by atoms with Gasteiger partial charge in [-0.3, -0.25) is 4.79 Å². The second-order valence-electron chi connectivity index (χ2n) is 7.26. The molecule has 0 aliphatic carbocycles. The Morgan fingerprint density at radius 2 is 1.60 bits per heavy atom. The number of hydrogen-bond acceptors (Lipinski definition) is 4. The van der Waals surface area contributed by atoms with Crippen molar-refractivity contribution < 1.29 is 19.1 Å². The van der Waals surface area contributed by atoms with Crippen LogP contribution in [0.15, 0.2) is 60.7 Å². The number of esters is 1. The fourth-order valence-electron chi connectivity index (χ4n) is 3.00. The quantitative estimate of drug-likeness (QED) is 0.456. The van der Waals surface area contributed by atoms with Crippen molar-refractivity contribution in [2.24, 2.45) is 0 Å². The minimum Gasteiger partial charge on any atom is -0.482 e. The van der Waals surface area contributed by atoms with Gasteiger partial charge < -0.3 is 14.8 Å². The zero-order chi connectivity index (χ0) is 21.7. The molecule has 0 atom stereocenters. The minimum atomic E-state index is -0.511. The monoisotopic (exact) mass is 403 g/mol. The highest BCUT2D eigenvalue weighted by atomic mass is 16.6. The van der Waals surface area contributed by atoms with Crippen molar-refractivity contribution in [3.63, 3.8) is 0 Å². The number of hydrogen-bond donors (Lipinski definition) is 1. The topological polar surface area (TPSA) is 64.6 Å². The highest BCUT2D eigenvalue weighted by Gasteiger charge is 2.11. The number of carbonyl (C=O) groups is 2. The van der Waals surface area contributed by atoms with E-state index in [1.807, 2.05) is 64.1 Å². The van der Waals surface area contributed by atoms with Crippen LogP contribution in [-0.2, 0) is 4.79 Å². The molecular formula is C25H25NO4. The van der Waals surface area contributed by atoms with E-state index in [2.05, 4.69) is 5.32 Å². The molecule has 0 aliphatic rings. The first-order chi connectivity index (χ1) is 14.3. The van der Waals surface area contributed by atoms with Crippen LogP contribution < -0.4 is 14.8 Å². The number of amides is 1. The van der Waals surface area contributed by atoms with Crippen LogP contribution in [0.25, 0.3) is 0 Å². The maximum absolute atomic E-state index is 12.5. The summed E-state index contributed by atoms with van der Waals surface area (Å²) in [5.41, 5.74) is 5.46. The van der Waals surface area contributed by atoms with Crippen LogP contribution >= 0.6 is 0 Å². The standard InChI is InChI=1S/C25H25NO4/c1-16-8-13-22(18(3)14-16)26-25(28)20-9-11-21(12-10-20)30-24(27)15-29-23-7-5-6-17(2)19(23)4/h5-14H,15H2,1-4H3,(H,26,28). The molecule has 3 aromatic carbocycles. The van der Waals surface area contributed by atoms with Crippen LogP contribution in [0.3, 0.4) is 0 Å². The number of ether oxygens (including phenoxy) is 2. The van der Waals surface area contributed by atoms with Crippen LogP contribution in [0, 0.1) is 27.7 Å². The molecule has 0 saturated carbocycles. The van der Waals surface area contributed by atoms with Gasteiger partial charge in [-0.1, -0.05) is 29.8 Å². The summed E-state index contributed by atoms with van der Waals surface area (Å²) in [5, 5.41) is 2.90. The molecule has 0 fully saturated rings. The van der Waals surface area contributed by atoms with Gasteiger partial charge in [0.1, 0.15) is 11.5 Å². The average Bonchev–Trinajstić information content (AvgIpc) is 2.71. The second kappa shape index (κ2) is 9.27. The van der Waals surface area contributed by atoms with Crippen molar-refractivity contribution in [1.82, 2.24) is 0 Å². The Bertz CT molecular complexity index is 1070. The molecule has 30 heavy (non-hydrogen) atoms. The Labute approximate surface area is 176 Å². The van der Waals surface area contributed by atoms with Crippen LogP contribution in [0.5, 0.6) is 11.5 Å². The Morgan fingerprint density at radius 1 is 0.867 bits per heavy atom. The molecule has 5 heteroatoms. The van der Waals surface area contributed by atoms with Crippen LogP contribution in [0.1, 0.15) is 32.6 Å².